The van der Waals surface area contributed by atoms with Gasteiger partial charge in [-0.05, 0) is 74.6 Å². The lowest BCUT2D eigenvalue weighted by molar-refractivity contribution is 0.394. The van der Waals surface area contributed by atoms with E-state index in [0.29, 0.717) is 11.5 Å². The van der Waals surface area contributed by atoms with E-state index in [4.69, 9.17) is 0 Å². The molecule has 0 spiro atoms. The van der Waals surface area contributed by atoms with Crippen molar-refractivity contribution in [3.05, 3.63) is 57.3 Å². The molecule has 2 aromatic rings. The van der Waals surface area contributed by atoms with Gasteiger partial charge in [-0.25, -0.2) is 4.39 Å². The Morgan fingerprint density at radius 3 is 2.68 bits per heavy atom. The largest absolute Gasteiger partial charge is 0.369 e. The zero-order valence-electron chi connectivity index (χ0n) is 15.4. The maximum atomic E-state index is 14.7. The van der Waals surface area contributed by atoms with Crippen LogP contribution in [0.15, 0.2) is 39.8 Å². The first kappa shape index (κ1) is 18.1. The van der Waals surface area contributed by atoms with Crippen LogP contribution in [0.3, 0.4) is 0 Å². The number of aliphatic imine (C=N–C) groups is 1. The fourth-order valence-corrected chi connectivity index (χ4v) is 3.80. The van der Waals surface area contributed by atoms with Crippen molar-refractivity contribution >= 4 is 33.5 Å². The van der Waals surface area contributed by atoms with Gasteiger partial charge in [-0.3, -0.25) is 4.99 Å². The summed E-state index contributed by atoms with van der Waals surface area (Å²) in [4.78, 5) is 6.65. The molecule has 1 heterocycles. The third-order valence-corrected chi connectivity index (χ3v) is 6.14. The molecule has 1 unspecified atom stereocenters. The fourth-order valence-electron chi connectivity index (χ4n) is 3.56. The quantitative estimate of drug-likeness (QED) is 0.532. The summed E-state index contributed by atoms with van der Waals surface area (Å²) in [5.41, 5.74) is 4.68. The standard InChI is InChI=1S/C21H24BrFN2/c1-13-8-16(6-7-18(13)22)24-12-15-9-17-14(2)11-21(3,4)25(5)20(17)10-19(15)23/h6-10,12,14H,11H2,1-5H3. The van der Waals surface area contributed by atoms with E-state index in [-0.39, 0.29) is 11.4 Å². The number of nitrogens with zero attached hydrogens (tertiary/aromatic N) is 2. The van der Waals surface area contributed by atoms with Crippen molar-refractivity contribution in [1.29, 1.82) is 0 Å². The predicted octanol–water partition coefficient (Wildman–Crippen LogP) is 6.37. The minimum absolute atomic E-state index is 0.0312. The van der Waals surface area contributed by atoms with Crippen molar-refractivity contribution in [3.63, 3.8) is 0 Å². The highest BCUT2D eigenvalue weighted by Crippen LogP contribution is 2.43. The monoisotopic (exact) mass is 402 g/mol. The molecular weight excluding hydrogens is 379 g/mol. The molecule has 0 aliphatic carbocycles. The van der Waals surface area contributed by atoms with Gasteiger partial charge in [0.15, 0.2) is 0 Å². The number of halogens is 2. The summed E-state index contributed by atoms with van der Waals surface area (Å²) in [6.45, 7) is 8.64. The number of hydrogen-bond donors (Lipinski definition) is 0. The van der Waals surface area contributed by atoms with Crippen LogP contribution in [0.1, 0.15) is 49.8 Å². The van der Waals surface area contributed by atoms with Crippen molar-refractivity contribution < 1.29 is 4.39 Å². The molecule has 2 nitrogen and oxygen atoms in total. The van der Waals surface area contributed by atoms with Gasteiger partial charge in [0.25, 0.3) is 0 Å². The minimum atomic E-state index is -0.229. The molecule has 0 aromatic heterocycles. The van der Waals surface area contributed by atoms with Gasteiger partial charge in [0.1, 0.15) is 5.82 Å². The van der Waals surface area contributed by atoms with Crippen LogP contribution in [0.2, 0.25) is 0 Å². The molecule has 25 heavy (non-hydrogen) atoms. The van der Waals surface area contributed by atoms with Gasteiger partial charge < -0.3 is 4.90 Å². The molecule has 132 valence electrons. The van der Waals surface area contributed by atoms with Crippen LogP contribution in [-0.4, -0.2) is 18.8 Å². The Morgan fingerprint density at radius 1 is 1.28 bits per heavy atom. The van der Waals surface area contributed by atoms with Crippen LogP contribution in [0.25, 0.3) is 0 Å². The van der Waals surface area contributed by atoms with Gasteiger partial charge in [-0.1, -0.05) is 22.9 Å². The SMILES string of the molecule is Cc1cc(N=Cc2cc3c(cc2F)N(C)C(C)(C)CC3C)ccc1Br. The third-order valence-electron chi connectivity index (χ3n) is 5.25. The highest BCUT2D eigenvalue weighted by Gasteiger charge is 2.34. The van der Waals surface area contributed by atoms with E-state index in [2.05, 4.69) is 46.6 Å². The Morgan fingerprint density at radius 2 is 2.00 bits per heavy atom. The fraction of sp³-hybridized carbons (Fsp3) is 0.381. The molecule has 1 atom stereocenters. The normalized spacial score (nSPS) is 19.3. The molecule has 0 saturated carbocycles. The van der Waals surface area contributed by atoms with Gasteiger partial charge in [0, 0.05) is 34.5 Å². The van der Waals surface area contributed by atoms with Crippen LogP contribution in [0.5, 0.6) is 0 Å². The van der Waals surface area contributed by atoms with Crippen LogP contribution in [0.4, 0.5) is 15.8 Å². The van der Waals surface area contributed by atoms with Gasteiger partial charge in [0.05, 0.1) is 5.69 Å². The topological polar surface area (TPSA) is 15.6 Å². The second-order valence-electron chi connectivity index (χ2n) is 7.60. The van der Waals surface area contributed by atoms with Crippen LogP contribution < -0.4 is 4.90 Å². The highest BCUT2D eigenvalue weighted by atomic mass is 79.9. The summed E-state index contributed by atoms with van der Waals surface area (Å²) >= 11 is 3.48. The predicted molar refractivity (Wildman–Crippen MR) is 108 cm³/mol. The Balaban J connectivity index is 1.98. The number of hydrogen-bond acceptors (Lipinski definition) is 2. The summed E-state index contributed by atoms with van der Waals surface area (Å²) in [5, 5.41) is 0. The molecule has 0 amide bonds. The number of fused-ring (bicyclic) bond motifs is 1. The lowest BCUT2D eigenvalue weighted by atomic mass is 9.80. The van der Waals surface area contributed by atoms with Crippen molar-refractivity contribution in [2.45, 2.75) is 45.6 Å². The molecule has 4 heteroatoms. The number of rotatable bonds is 2. The highest BCUT2D eigenvalue weighted by molar-refractivity contribution is 9.10. The zero-order valence-corrected chi connectivity index (χ0v) is 17.0. The van der Waals surface area contributed by atoms with Gasteiger partial charge >= 0.3 is 0 Å². The maximum absolute atomic E-state index is 14.7. The molecule has 2 aromatic carbocycles. The summed E-state index contributed by atoms with van der Waals surface area (Å²) in [5.74, 6) is 0.164. The van der Waals surface area contributed by atoms with E-state index in [1.54, 1.807) is 12.3 Å². The lowest BCUT2D eigenvalue weighted by Gasteiger charge is -2.45. The summed E-state index contributed by atoms with van der Waals surface area (Å²) in [6.07, 6.45) is 2.68. The first-order valence-corrected chi connectivity index (χ1v) is 9.36. The third kappa shape index (κ3) is 3.50. The van der Waals surface area contributed by atoms with E-state index >= 15 is 0 Å². The van der Waals surface area contributed by atoms with Crippen LogP contribution >= 0.6 is 15.9 Å². The average molecular weight is 403 g/mol. The van der Waals surface area contributed by atoms with E-state index < -0.39 is 0 Å². The lowest BCUT2D eigenvalue weighted by Crippen LogP contribution is -2.45. The molecule has 0 fully saturated rings. The first-order chi connectivity index (χ1) is 11.7. The number of aryl methyl sites for hydroxylation is 1. The van der Waals surface area contributed by atoms with E-state index in [0.717, 1.165) is 27.8 Å². The second-order valence-corrected chi connectivity index (χ2v) is 8.46. The van der Waals surface area contributed by atoms with Crippen molar-refractivity contribution in [3.8, 4) is 0 Å². The Hall–Kier alpha value is -1.68. The van der Waals surface area contributed by atoms with Gasteiger partial charge in [0.2, 0.25) is 0 Å². The average Bonchev–Trinajstić information content (AvgIpc) is 2.54. The molecular formula is C21H24BrFN2. The maximum Gasteiger partial charge on any atom is 0.134 e. The second kappa shape index (κ2) is 6.56. The molecule has 3 rings (SSSR count). The Labute approximate surface area is 157 Å². The van der Waals surface area contributed by atoms with Gasteiger partial charge in [-0.2, -0.15) is 0 Å². The first-order valence-electron chi connectivity index (χ1n) is 8.56. The number of anilines is 1. The Kier molecular flexibility index (Phi) is 4.76. The van der Waals surface area contributed by atoms with Gasteiger partial charge in [-0.15, -0.1) is 0 Å². The Bertz CT molecular complexity index is 842. The summed E-state index contributed by atoms with van der Waals surface area (Å²) in [7, 11) is 2.04. The summed E-state index contributed by atoms with van der Waals surface area (Å²) in [6, 6.07) is 9.47. The minimum Gasteiger partial charge on any atom is -0.369 e. The summed E-state index contributed by atoms with van der Waals surface area (Å²) < 4.78 is 15.7. The van der Waals surface area contributed by atoms with E-state index in [1.807, 2.05) is 38.2 Å². The van der Waals surface area contributed by atoms with E-state index in [1.165, 1.54) is 5.56 Å². The zero-order chi connectivity index (χ0) is 18.4. The molecule has 0 N–H and O–H groups in total. The molecule has 1 aliphatic rings. The van der Waals surface area contributed by atoms with Crippen molar-refractivity contribution in [2.24, 2.45) is 4.99 Å². The number of benzene rings is 2. The molecule has 1 aliphatic heterocycles. The molecule has 0 bridgehead atoms. The van der Waals surface area contributed by atoms with Crippen molar-refractivity contribution in [1.82, 2.24) is 0 Å². The van der Waals surface area contributed by atoms with E-state index in [9.17, 15) is 4.39 Å². The van der Waals surface area contributed by atoms with Crippen LogP contribution in [-0.2, 0) is 0 Å². The van der Waals surface area contributed by atoms with Crippen LogP contribution in [0, 0.1) is 12.7 Å². The molecule has 0 saturated heterocycles. The smallest absolute Gasteiger partial charge is 0.134 e. The van der Waals surface area contributed by atoms with Crippen molar-refractivity contribution in [2.75, 3.05) is 11.9 Å². The molecule has 0 radical (unpaired) electrons.